The highest BCUT2D eigenvalue weighted by molar-refractivity contribution is 5.91. The molecule has 3 aromatic rings. The first-order valence-electron chi connectivity index (χ1n) is 9.33. The van der Waals surface area contributed by atoms with Gasteiger partial charge in [0.05, 0.1) is 18.3 Å². The smallest absolute Gasteiger partial charge is 0.127 e. The Morgan fingerprint density at radius 2 is 1.67 bits per heavy atom. The Morgan fingerprint density at radius 1 is 0.926 bits per heavy atom. The number of hydrogen-bond donors (Lipinski definition) is 2. The van der Waals surface area contributed by atoms with Crippen molar-refractivity contribution < 1.29 is 19.7 Å². The average Bonchev–Trinajstić information content (AvgIpc) is 2.70. The Bertz CT molecular complexity index is 897. The molecule has 4 nitrogen and oxygen atoms in total. The van der Waals surface area contributed by atoms with Crippen LogP contribution in [0.15, 0.2) is 66.7 Å². The summed E-state index contributed by atoms with van der Waals surface area (Å²) in [7, 11) is 0. The summed E-state index contributed by atoms with van der Waals surface area (Å²) in [5.41, 5.74) is 2.13. The molecule has 3 aromatic carbocycles. The molecule has 0 bridgehead atoms. The molecule has 0 radical (unpaired) electrons. The van der Waals surface area contributed by atoms with E-state index in [1.54, 1.807) is 6.92 Å². The van der Waals surface area contributed by atoms with E-state index in [4.69, 9.17) is 9.47 Å². The fraction of sp³-hybridized carbons (Fsp3) is 0.304. The summed E-state index contributed by atoms with van der Waals surface area (Å²) in [5, 5.41) is 22.2. The Kier molecular flexibility index (Phi) is 5.12. The van der Waals surface area contributed by atoms with E-state index in [-0.39, 0.29) is 6.10 Å². The average molecular weight is 364 g/mol. The maximum atomic E-state index is 10.2. The van der Waals surface area contributed by atoms with Gasteiger partial charge in [0.15, 0.2) is 0 Å². The minimum absolute atomic E-state index is 0.258. The van der Waals surface area contributed by atoms with Gasteiger partial charge in [-0.1, -0.05) is 60.7 Å². The molecule has 4 atom stereocenters. The van der Waals surface area contributed by atoms with E-state index in [0.717, 1.165) is 27.6 Å². The Labute approximate surface area is 159 Å². The summed E-state index contributed by atoms with van der Waals surface area (Å²) < 4.78 is 12.1. The third kappa shape index (κ3) is 3.69. The number of ether oxygens (including phenoxy) is 2. The molecule has 1 fully saturated rings. The first-order valence-corrected chi connectivity index (χ1v) is 9.33. The molecule has 2 N–H and O–H groups in total. The van der Waals surface area contributed by atoms with Crippen LogP contribution in [-0.4, -0.2) is 28.5 Å². The number of aliphatic hydroxyl groups is 2. The lowest BCUT2D eigenvalue weighted by atomic mass is 9.91. The standard InChI is InChI=1S/C23H24O4/c1-15-23(25)20(24)13-22(27-15)19-11-5-10-18-17(19)9-6-12-21(18)26-14-16-7-3-2-4-8-16/h2-12,15,20,22-25H,13-14H2,1H3/t15-,20+,22-,23-/m1/s1. The fourth-order valence-electron chi connectivity index (χ4n) is 3.71. The van der Waals surface area contributed by atoms with Gasteiger partial charge in [-0.2, -0.15) is 0 Å². The minimum atomic E-state index is -0.846. The second-order valence-electron chi connectivity index (χ2n) is 7.10. The van der Waals surface area contributed by atoms with Crippen LogP contribution in [0.4, 0.5) is 0 Å². The van der Waals surface area contributed by atoms with E-state index in [1.807, 2.05) is 66.7 Å². The third-order valence-electron chi connectivity index (χ3n) is 5.21. The zero-order valence-corrected chi connectivity index (χ0v) is 15.3. The van der Waals surface area contributed by atoms with E-state index in [9.17, 15) is 10.2 Å². The maximum absolute atomic E-state index is 10.2. The van der Waals surface area contributed by atoms with Crippen LogP contribution >= 0.6 is 0 Å². The molecule has 1 aliphatic heterocycles. The van der Waals surface area contributed by atoms with Gasteiger partial charge in [0.1, 0.15) is 18.5 Å². The summed E-state index contributed by atoms with van der Waals surface area (Å²) in [6.07, 6.45) is -1.93. The van der Waals surface area contributed by atoms with Crippen LogP contribution < -0.4 is 4.74 Å². The quantitative estimate of drug-likeness (QED) is 0.735. The van der Waals surface area contributed by atoms with Gasteiger partial charge in [0.2, 0.25) is 0 Å². The van der Waals surface area contributed by atoms with Gasteiger partial charge >= 0.3 is 0 Å². The zero-order valence-electron chi connectivity index (χ0n) is 15.3. The molecule has 0 amide bonds. The van der Waals surface area contributed by atoms with Crippen LogP contribution in [0.5, 0.6) is 5.75 Å². The fourth-order valence-corrected chi connectivity index (χ4v) is 3.71. The third-order valence-corrected chi connectivity index (χ3v) is 5.21. The summed E-state index contributed by atoms with van der Waals surface area (Å²) in [4.78, 5) is 0. The molecule has 0 saturated carbocycles. The van der Waals surface area contributed by atoms with E-state index in [1.165, 1.54) is 0 Å². The molecule has 0 aliphatic carbocycles. The second-order valence-corrected chi connectivity index (χ2v) is 7.10. The van der Waals surface area contributed by atoms with Crippen molar-refractivity contribution in [1.82, 2.24) is 0 Å². The maximum Gasteiger partial charge on any atom is 0.127 e. The molecule has 1 saturated heterocycles. The molecular formula is C23H24O4. The van der Waals surface area contributed by atoms with Crippen molar-refractivity contribution in [2.45, 2.75) is 44.4 Å². The predicted octanol–water partition coefficient (Wildman–Crippen LogP) is 3.99. The van der Waals surface area contributed by atoms with Crippen molar-refractivity contribution in [1.29, 1.82) is 0 Å². The van der Waals surface area contributed by atoms with Gasteiger partial charge in [-0.15, -0.1) is 0 Å². The molecule has 1 heterocycles. The van der Waals surface area contributed by atoms with E-state index >= 15 is 0 Å². The Hall–Kier alpha value is -2.40. The molecule has 140 valence electrons. The number of rotatable bonds is 4. The van der Waals surface area contributed by atoms with Gasteiger partial charge in [-0.3, -0.25) is 0 Å². The molecular weight excluding hydrogens is 340 g/mol. The van der Waals surface area contributed by atoms with Crippen LogP contribution in [0.3, 0.4) is 0 Å². The van der Waals surface area contributed by atoms with Crippen LogP contribution in [0, 0.1) is 0 Å². The molecule has 27 heavy (non-hydrogen) atoms. The highest BCUT2D eigenvalue weighted by Gasteiger charge is 2.35. The SMILES string of the molecule is C[C@H]1O[C@@H](c2cccc3c(OCc4ccccc4)cccc23)C[C@H](O)[C@@H]1O. The normalized spacial score (nSPS) is 25.4. The van der Waals surface area contributed by atoms with Crippen molar-refractivity contribution in [2.24, 2.45) is 0 Å². The number of hydrogen-bond acceptors (Lipinski definition) is 4. The van der Waals surface area contributed by atoms with Crippen LogP contribution in [0.1, 0.15) is 30.6 Å². The second kappa shape index (κ2) is 7.69. The van der Waals surface area contributed by atoms with E-state index in [0.29, 0.717) is 13.0 Å². The lowest BCUT2D eigenvalue weighted by molar-refractivity contribution is -0.163. The predicted molar refractivity (Wildman–Crippen MR) is 105 cm³/mol. The molecule has 0 spiro atoms. The number of aliphatic hydroxyl groups excluding tert-OH is 2. The van der Waals surface area contributed by atoms with E-state index in [2.05, 4.69) is 0 Å². The topological polar surface area (TPSA) is 58.9 Å². The summed E-state index contributed by atoms with van der Waals surface area (Å²) >= 11 is 0. The molecule has 1 aliphatic rings. The van der Waals surface area contributed by atoms with Crippen molar-refractivity contribution in [3.63, 3.8) is 0 Å². The van der Waals surface area contributed by atoms with Gasteiger partial charge in [0, 0.05) is 11.8 Å². The van der Waals surface area contributed by atoms with Crippen molar-refractivity contribution in [2.75, 3.05) is 0 Å². The van der Waals surface area contributed by atoms with Crippen LogP contribution in [0.2, 0.25) is 0 Å². The Morgan fingerprint density at radius 3 is 2.44 bits per heavy atom. The van der Waals surface area contributed by atoms with Gasteiger partial charge in [-0.05, 0) is 29.5 Å². The number of fused-ring (bicyclic) bond motifs is 1. The molecule has 4 rings (SSSR count). The van der Waals surface area contributed by atoms with Gasteiger partial charge in [0.25, 0.3) is 0 Å². The first kappa shape index (κ1) is 18.0. The van der Waals surface area contributed by atoms with Gasteiger partial charge < -0.3 is 19.7 Å². The van der Waals surface area contributed by atoms with Crippen molar-refractivity contribution in [3.05, 3.63) is 77.9 Å². The van der Waals surface area contributed by atoms with E-state index < -0.39 is 18.3 Å². The van der Waals surface area contributed by atoms with Gasteiger partial charge in [-0.25, -0.2) is 0 Å². The number of benzene rings is 3. The summed E-state index contributed by atoms with van der Waals surface area (Å²) in [6, 6.07) is 22.1. The molecule has 0 aromatic heterocycles. The molecule has 0 unspecified atom stereocenters. The monoisotopic (exact) mass is 364 g/mol. The summed E-state index contributed by atoms with van der Waals surface area (Å²) in [6.45, 7) is 2.30. The van der Waals surface area contributed by atoms with Crippen LogP contribution in [0.25, 0.3) is 10.8 Å². The first-order chi connectivity index (χ1) is 13.1. The molecule has 4 heteroatoms. The lowest BCUT2D eigenvalue weighted by Gasteiger charge is -2.36. The minimum Gasteiger partial charge on any atom is -0.488 e. The lowest BCUT2D eigenvalue weighted by Crippen LogP contribution is -2.43. The summed E-state index contributed by atoms with van der Waals surface area (Å²) in [5.74, 6) is 0.822. The van der Waals surface area contributed by atoms with Crippen molar-refractivity contribution in [3.8, 4) is 5.75 Å². The van der Waals surface area contributed by atoms with Crippen molar-refractivity contribution >= 4 is 10.8 Å². The van der Waals surface area contributed by atoms with Crippen LogP contribution in [-0.2, 0) is 11.3 Å². The Balaban J connectivity index is 1.64. The largest absolute Gasteiger partial charge is 0.488 e. The zero-order chi connectivity index (χ0) is 18.8. The highest BCUT2D eigenvalue weighted by Crippen LogP contribution is 2.37. The highest BCUT2D eigenvalue weighted by atomic mass is 16.5.